The molecular weight excluding hydrogens is 365 g/mol. The summed E-state index contributed by atoms with van der Waals surface area (Å²) >= 11 is 5.61. The number of benzene rings is 2. The SMILES string of the molecule is N#Cc1cnc(Nc2ccc(Cl)c(C(F)(F)F)c2)nc1-c1ccccc1. The first-order valence-corrected chi connectivity index (χ1v) is 7.72. The molecule has 8 heteroatoms. The highest BCUT2D eigenvalue weighted by Gasteiger charge is 2.33. The number of nitrogens with one attached hydrogen (secondary N) is 1. The van der Waals surface area contributed by atoms with Crippen LogP contribution in [0.4, 0.5) is 24.8 Å². The van der Waals surface area contributed by atoms with E-state index in [0.29, 0.717) is 11.3 Å². The van der Waals surface area contributed by atoms with Crippen LogP contribution in [0.2, 0.25) is 5.02 Å². The van der Waals surface area contributed by atoms with Gasteiger partial charge in [0.25, 0.3) is 0 Å². The van der Waals surface area contributed by atoms with Crippen molar-refractivity contribution < 1.29 is 13.2 Å². The second-order valence-corrected chi connectivity index (χ2v) is 5.66. The number of hydrogen-bond donors (Lipinski definition) is 1. The zero-order valence-electron chi connectivity index (χ0n) is 13.0. The van der Waals surface area contributed by atoms with Crippen LogP contribution in [-0.2, 0) is 6.18 Å². The summed E-state index contributed by atoms with van der Waals surface area (Å²) in [5.41, 5.74) is 0.512. The summed E-state index contributed by atoms with van der Waals surface area (Å²) in [6.07, 6.45) is -3.26. The predicted octanol–water partition coefficient (Wildman–Crippen LogP) is 5.43. The van der Waals surface area contributed by atoms with Crippen molar-refractivity contribution in [1.82, 2.24) is 9.97 Å². The molecule has 1 aromatic heterocycles. The van der Waals surface area contributed by atoms with Crippen molar-refractivity contribution in [3.05, 3.63) is 70.9 Å². The number of anilines is 2. The minimum Gasteiger partial charge on any atom is -0.324 e. The number of halogens is 4. The van der Waals surface area contributed by atoms with Gasteiger partial charge in [-0.1, -0.05) is 41.9 Å². The van der Waals surface area contributed by atoms with Gasteiger partial charge in [0.05, 0.1) is 28.0 Å². The number of hydrogen-bond acceptors (Lipinski definition) is 4. The van der Waals surface area contributed by atoms with Crippen molar-refractivity contribution in [2.24, 2.45) is 0 Å². The molecule has 3 aromatic rings. The molecular formula is C18H10ClF3N4. The van der Waals surface area contributed by atoms with Crippen molar-refractivity contribution >= 4 is 23.2 Å². The summed E-state index contributed by atoms with van der Waals surface area (Å²) in [7, 11) is 0. The lowest BCUT2D eigenvalue weighted by molar-refractivity contribution is -0.137. The fourth-order valence-electron chi connectivity index (χ4n) is 2.29. The highest BCUT2D eigenvalue weighted by molar-refractivity contribution is 6.31. The fourth-order valence-corrected chi connectivity index (χ4v) is 2.51. The molecule has 0 saturated carbocycles. The first-order valence-electron chi connectivity index (χ1n) is 7.35. The van der Waals surface area contributed by atoms with Crippen LogP contribution in [0.15, 0.2) is 54.7 Å². The molecule has 0 aliphatic carbocycles. The highest BCUT2D eigenvalue weighted by atomic mass is 35.5. The van der Waals surface area contributed by atoms with Crippen LogP contribution in [-0.4, -0.2) is 9.97 Å². The summed E-state index contributed by atoms with van der Waals surface area (Å²) in [5, 5.41) is 11.5. The lowest BCUT2D eigenvalue weighted by Gasteiger charge is -2.12. The number of nitriles is 1. The van der Waals surface area contributed by atoms with Crippen LogP contribution in [0.1, 0.15) is 11.1 Å². The third-order valence-corrected chi connectivity index (χ3v) is 3.81. The molecule has 0 aliphatic rings. The normalized spacial score (nSPS) is 11.0. The van der Waals surface area contributed by atoms with Gasteiger partial charge in [-0.2, -0.15) is 18.4 Å². The Bertz CT molecular complexity index is 982. The average molecular weight is 375 g/mol. The van der Waals surface area contributed by atoms with Gasteiger partial charge in [0.1, 0.15) is 6.07 Å². The van der Waals surface area contributed by atoms with Crippen LogP contribution in [0.3, 0.4) is 0 Å². The van der Waals surface area contributed by atoms with Gasteiger partial charge < -0.3 is 5.32 Å². The predicted molar refractivity (Wildman–Crippen MR) is 91.9 cm³/mol. The van der Waals surface area contributed by atoms with Gasteiger partial charge in [-0.3, -0.25) is 0 Å². The van der Waals surface area contributed by atoms with Gasteiger partial charge in [-0.05, 0) is 18.2 Å². The number of aromatic nitrogens is 2. The Morgan fingerprint density at radius 2 is 1.81 bits per heavy atom. The van der Waals surface area contributed by atoms with Gasteiger partial charge in [0, 0.05) is 11.3 Å². The maximum atomic E-state index is 13.0. The molecule has 0 radical (unpaired) electrons. The van der Waals surface area contributed by atoms with E-state index in [4.69, 9.17) is 11.6 Å². The van der Waals surface area contributed by atoms with E-state index in [1.807, 2.05) is 12.1 Å². The van der Waals surface area contributed by atoms with Crippen LogP contribution in [0.5, 0.6) is 0 Å². The average Bonchev–Trinajstić information content (AvgIpc) is 2.63. The van der Waals surface area contributed by atoms with E-state index >= 15 is 0 Å². The molecule has 3 rings (SSSR count). The Morgan fingerprint density at radius 3 is 2.46 bits per heavy atom. The molecule has 0 atom stereocenters. The minimum atomic E-state index is -4.57. The van der Waals surface area contributed by atoms with Gasteiger partial charge in [-0.15, -0.1) is 0 Å². The van der Waals surface area contributed by atoms with Crippen molar-refractivity contribution in [3.63, 3.8) is 0 Å². The van der Waals surface area contributed by atoms with Gasteiger partial charge >= 0.3 is 6.18 Å². The molecule has 1 heterocycles. The number of rotatable bonds is 3. The quantitative estimate of drug-likeness (QED) is 0.664. The largest absolute Gasteiger partial charge is 0.417 e. The molecule has 4 nitrogen and oxygen atoms in total. The van der Waals surface area contributed by atoms with Crippen molar-refractivity contribution in [2.45, 2.75) is 6.18 Å². The van der Waals surface area contributed by atoms with Crippen molar-refractivity contribution in [3.8, 4) is 17.3 Å². The van der Waals surface area contributed by atoms with Gasteiger partial charge in [0.15, 0.2) is 0 Å². The van der Waals surface area contributed by atoms with Crippen molar-refractivity contribution in [2.75, 3.05) is 5.32 Å². The van der Waals surface area contributed by atoms with Crippen LogP contribution in [0, 0.1) is 11.3 Å². The van der Waals surface area contributed by atoms with Gasteiger partial charge in [-0.25, -0.2) is 9.97 Å². The molecule has 2 aromatic carbocycles. The zero-order valence-corrected chi connectivity index (χ0v) is 13.8. The first-order chi connectivity index (χ1) is 12.4. The summed E-state index contributed by atoms with van der Waals surface area (Å²) in [4.78, 5) is 8.25. The maximum Gasteiger partial charge on any atom is 0.417 e. The van der Waals surface area contributed by atoms with E-state index in [1.165, 1.54) is 12.3 Å². The Hall–Kier alpha value is -3.11. The highest BCUT2D eigenvalue weighted by Crippen LogP contribution is 2.36. The second-order valence-electron chi connectivity index (χ2n) is 5.25. The summed E-state index contributed by atoms with van der Waals surface area (Å²) in [6, 6.07) is 14.4. The van der Waals surface area contributed by atoms with E-state index in [1.54, 1.807) is 24.3 Å². The zero-order chi connectivity index (χ0) is 18.7. The topological polar surface area (TPSA) is 61.6 Å². The Morgan fingerprint density at radius 1 is 1.08 bits per heavy atom. The molecule has 130 valence electrons. The minimum absolute atomic E-state index is 0.0679. The molecule has 0 spiro atoms. The molecule has 26 heavy (non-hydrogen) atoms. The second kappa shape index (κ2) is 7.02. The molecule has 0 saturated heterocycles. The summed E-state index contributed by atoms with van der Waals surface area (Å²) < 4.78 is 38.9. The first kappa shape index (κ1) is 17.7. The Kier molecular flexibility index (Phi) is 4.78. The summed E-state index contributed by atoms with van der Waals surface area (Å²) in [5.74, 6) is 0.0679. The molecule has 0 fully saturated rings. The lowest BCUT2D eigenvalue weighted by atomic mass is 10.1. The number of nitrogens with zero attached hydrogens (tertiary/aromatic N) is 3. The Balaban J connectivity index is 1.98. The fraction of sp³-hybridized carbons (Fsp3) is 0.0556. The van der Waals surface area contributed by atoms with E-state index in [2.05, 4.69) is 15.3 Å². The monoisotopic (exact) mass is 374 g/mol. The Labute approximate surface area is 151 Å². The van der Waals surface area contributed by atoms with E-state index in [9.17, 15) is 18.4 Å². The van der Waals surface area contributed by atoms with Crippen LogP contribution in [0.25, 0.3) is 11.3 Å². The summed E-state index contributed by atoms with van der Waals surface area (Å²) in [6.45, 7) is 0. The molecule has 0 amide bonds. The third-order valence-electron chi connectivity index (χ3n) is 3.48. The van der Waals surface area contributed by atoms with E-state index in [-0.39, 0.29) is 17.2 Å². The molecule has 0 aliphatic heterocycles. The van der Waals surface area contributed by atoms with E-state index < -0.39 is 16.8 Å². The molecule has 0 bridgehead atoms. The smallest absolute Gasteiger partial charge is 0.324 e. The number of alkyl halides is 3. The van der Waals surface area contributed by atoms with Crippen LogP contribution < -0.4 is 5.32 Å². The third kappa shape index (κ3) is 3.76. The standard InChI is InChI=1S/C18H10ClF3N4/c19-15-7-6-13(8-14(15)18(20,21)22)25-17-24-10-12(9-23)16(26-17)11-4-2-1-3-5-11/h1-8,10H,(H,24,25,26). The van der Waals surface area contributed by atoms with E-state index in [0.717, 1.165) is 12.1 Å². The lowest BCUT2D eigenvalue weighted by Crippen LogP contribution is -2.07. The van der Waals surface area contributed by atoms with Crippen LogP contribution >= 0.6 is 11.6 Å². The molecule has 1 N–H and O–H groups in total. The van der Waals surface area contributed by atoms with Crippen molar-refractivity contribution in [1.29, 1.82) is 5.26 Å². The maximum absolute atomic E-state index is 13.0. The van der Waals surface area contributed by atoms with Gasteiger partial charge in [0.2, 0.25) is 5.95 Å². The molecule has 0 unspecified atom stereocenters.